The fourth-order valence-electron chi connectivity index (χ4n) is 1.68. The first-order valence-electron chi connectivity index (χ1n) is 9.69. The molecular weight excluding hydrogens is 308 g/mol. The molecule has 0 spiro atoms. The molecule has 0 saturated carbocycles. The van der Waals surface area contributed by atoms with Crippen molar-refractivity contribution in [3.63, 3.8) is 0 Å². The van der Waals surface area contributed by atoms with Crippen molar-refractivity contribution < 1.29 is 15.7 Å². The van der Waals surface area contributed by atoms with E-state index in [0.717, 1.165) is 24.7 Å². The SMILES string of the molecule is CC(C)C.CC(C)C1=C[NH+]=CC1.CC(C)Cc1c[nH+]c[nH]1.CC(C)[NH3+]. The molecule has 0 radical (unpaired) electrons. The summed E-state index contributed by atoms with van der Waals surface area (Å²) < 4.78 is 0. The third-order valence-electron chi connectivity index (χ3n) is 2.69. The van der Waals surface area contributed by atoms with E-state index in [1.165, 1.54) is 11.3 Å². The van der Waals surface area contributed by atoms with Crippen LogP contribution in [0.15, 0.2) is 24.3 Å². The molecule has 4 nitrogen and oxygen atoms in total. The van der Waals surface area contributed by atoms with Gasteiger partial charge in [0.25, 0.3) is 0 Å². The van der Waals surface area contributed by atoms with E-state index >= 15 is 0 Å². The highest BCUT2D eigenvalue weighted by Crippen LogP contribution is 2.10. The predicted molar refractivity (Wildman–Crippen MR) is 109 cm³/mol. The summed E-state index contributed by atoms with van der Waals surface area (Å²) in [5.74, 6) is 2.28. The maximum absolute atomic E-state index is 3.64. The van der Waals surface area contributed by atoms with E-state index < -0.39 is 0 Å². The van der Waals surface area contributed by atoms with Gasteiger partial charge in [-0.2, -0.15) is 0 Å². The van der Waals surface area contributed by atoms with E-state index in [-0.39, 0.29) is 0 Å². The monoisotopic (exact) mass is 353 g/mol. The standard InChI is InChI=1S/C7H12N2.C7H11N.C4H10.C3H9N/c1-6(2)3-7-4-8-5-9-7;1-6(2)7-3-4-8-5-7;1-4(2)3;1-3(2)4/h4-6H,3H2,1-2H3,(H,8,9);4-6H,3H2,1-2H3;4H,1-3H3;3H,4H2,1-2H3/p+3. The highest BCUT2D eigenvalue weighted by atomic mass is 14.9. The molecule has 25 heavy (non-hydrogen) atoms. The number of hydrogen-bond acceptors (Lipinski definition) is 0. The summed E-state index contributed by atoms with van der Waals surface area (Å²) in [7, 11) is 0. The van der Waals surface area contributed by atoms with Crippen LogP contribution < -0.4 is 15.7 Å². The first-order valence-corrected chi connectivity index (χ1v) is 9.69. The number of aromatic amines is 2. The number of H-pyrrole nitrogens is 2. The Morgan fingerprint density at radius 2 is 1.56 bits per heavy atom. The zero-order valence-corrected chi connectivity index (χ0v) is 18.2. The van der Waals surface area contributed by atoms with Gasteiger partial charge in [-0.05, 0) is 31.6 Å². The largest absolute Gasteiger partial charge is 0.356 e. The van der Waals surface area contributed by atoms with Crippen LogP contribution in [0.25, 0.3) is 0 Å². The number of nitrogens with one attached hydrogen (secondary N) is 3. The second-order valence-electron chi connectivity index (χ2n) is 8.30. The third-order valence-corrected chi connectivity index (χ3v) is 2.69. The molecule has 4 heteroatoms. The number of hydrogen-bond donors (Lipinski definition) is 3. The number of quaternary nitrogens is 1. The van der Waals surface area contributed by atoms with Gasteiger partial charge in [0, 0.05) is 12.0 Å². The van der Waals surface area contributed by atoms with E-state index in [1.807, 2.05) is 12.5 Å². The Kier molecular flexibility index (Phi) is 16.6. The summed E-state index contributed by atoms with van der Waals surface area (Å²) in [6.07, 6.45) is 10.3. The van der Waals surface area contributed by atoms with E-state index in [1.54, 1.807) is 0 Å². The Hall–Kier alpha value is -1.42. The molecule has 2 rings (SSSR count). The van der Waals surface area contributed by atoms with Crippen LogP contribution in [-0.4, -0.2) is 17.2 Å². The van der Waals surface area contributed by atoms with E-state index in [9.17, 15) is 0 Å². The smallest absolute Gasteiger partial charge is 0.239 e. The molecule has 6 N–H and O–H groups in total. The van der Waals surface area contributed by atoms with Crippen molar-refractivity contribution in [2.45, 2.75) is 81.2 Å². The third kappa shape index (κ3) is 22.6. The molecule has 0 aromatic carbocycles. The Labute approximate surface area is 156 Å². The van der Waals surface area contributed by atoms with E-state index in [2.05, 4.69) is 95.4 Å². The van der Waals surface area contributed by atoms with Crippen LogP contribution in [0.1, 0.15) is 74.4 Å². The molecule has 1 aromatic rings. The van der Waals surface area contributed by atoms with Gasteiger partial charge in [-0.25, -0.2) is 9.98 Å². The Morgan fingerprint density at radius 3 is 1.80 bits per heavy atom. The van der Waals surface area contributed by atoms with Gasteiger partial charge < -0.3 is 5.73 Å². The molecule has 0 fully saturated rings. The van der Waals surface area contributed by atoms with Crippen molar-refractivity contribution >= 4 is 6.21 Å². The maximum atomic E-state index is 3.64. The van der Waals surface area contributed by atoms with Crippen molar-refractivity contribution in [1.29, 1.82) is 0 Å². The summed E-state index contributed by atoms with van der Waals surface area (Å²) in [6, 6.07) is 0.583. The molecule has 0 aliphatic carbocycles. The van der Waals surface area contributed by atoms with Gasteiger partial charge in [0.05, 0.1) is 12.5 Å². The molecule has 0 bridgehead atoms. The Bertz CT molecular complexity index is 429. The van der Waals surface area contributed by atoms with Crippen LogP contribution in [0.4, 0.5) is 0 Å². The molecule has 1 aliphatic rings. The van der Waals surface area contributed by atoms with Gasteiger partial charge in [-0.3, -0.25) is 4.98 Å². The minimum absolute atomic E-state index is 0.583. The average molecular weight is 354 g/mol. The molecule has 0 atom stereocenters. The zero-order valence-electron chi connectivity index (χ0n) is 18.2. The van der Waals surface area contributed by atoms with Crippen LogP contribution in [0.2, 0.25) is 0 Å². The number of imidazole rings is 1. The highest BCUT2D eigenvalue weighted by Gasteiger charge is 2.08. The van der Waals surface area contributed by atoms with Crippen molar-refractivity contribution in [3.05, 3.63) is 30.0 Å². The summed E-state index contributed by atoms with van der Waals surface area (Å²) in [5, 5.41) is 0. The molecule has 0 unspecified atom stereocenters. The molecule has 146 valence electrons. The summed E-state index contributed by atoms with van der Waals surface area (Å²) in [4.78, 5) is 9.16. The first-order chi connectivity index (χ1) is 11.6. The lowest BCUT2D eigenvalue weighted by molar-refractivity contribution is -0.407. The fraction of sp³-hybridized carbons (Fsp3) is 0.714. The Balaban J connectivity index is 0. The minimum Gasteiger partial charge on any atom is -0.356 e. The first kappa shape index (κ1) is 25.8. The predicted octanol–water partition coefficient (Wildman–Crippen LogP) is 2.41. The molecule has 1 aromatic heterocycles. The van der Waals surface area contributed by atoms with Gasteiger partial charge in [-0.1, -0.05) is 48.5 Å². The molecule has 0 amide bonds. The Morgan fingerprint density at radius 1 is 1.04 bits per heavy atom. The van der Waals surface area contributed by atoms with Gasteiger partial charge in [-0.15, -0.1) is 0 Å². The normalized spacial score (nSPS) is 12.3. The fourth-order valence-corrected chi connectivity index (χ4v) is 1.68. The molecular formula is C21H45N4+3. The zero-order chi connectivity index (χ0) is 19.8. The lowest BCUT2D eigenvalue weighted by Gasteiger charge is -1.98. The van der Waals surface area contributed by atoms with Crippen LogP contribution >= 0.6 is 0 Å². The quantitative estimate of drug-likeness (QED) is 0.747. The second kappa shape index (κ2) is 16.1. The maximum Gasteiger partial charge on any atom is 0.239 e. The van der Waals surface area contributed by atoms with Crippen molar-refractivity contribution in [2.24, 2.45) is 17.8 Å². The lowest BCUT2D eigenvalue weighted by atomic mass is 10.0. The van der Waals surface area contributed by atoms with Gasteiger partial charge >= 0.3 is 0 Å². The minimum atomic E-state index is 0.583. The van der Waals surface area contributed by atoms with Crippen LogP contribution in [-0.2, 0) is 6.42 Å². The van der Waals surface area contributed by atoms with Gasteiger partial charge in [0.2, 0.25) is 6.33 Å². The second-order valence-corrected chi connectivity index (χ2v) is 8.30. The van der Waals surface area contributed by atoms with Crippen molar-refractivity contribution in [3.8, 4) is 0 Å². The molecule has 0 saturated heterocycles. The van der Waals surface area contributed by atoms with Crippen LogP contribution in [0, 0.1) is 17.8 Å². The van der Waals surface area contributed by atoms with Crippen LogP contribution in [0.3, 0.4) is 0 Å². The van der Waals surface area contributed by atoms with E-state index in [0.29, 0.717) is 12.0 Å². The summed E-state index contributed by atoms with van der Waals surface area (Å²) in [5.41, 5.74) is 6.43. The topological polar surface area (TPSA) is 71.5 Å². The number of allylic oxidation sites excluding steroid dienone is 1. The summed E-state index contributed by atoms with van der Waals surface area (Å²) >= 11 is 0. The summed E-state index contributed by atoms with van der Waals surface area (Å²) in [6.45, 7) is 19.5. The lowest BCUT2D eigenvalue weighted by Crippen LogP contribution is -2.58. The van der Waals surface area contributed by atoms with Crippen molar-refractivity contribution in [1.82, 2.24) is 4.98 Å². The average Bonchev–Trinajstić information content (AvgIpc) is 3.09. The number of rotatable bonds is 3. The van der Waals surface area contributed by atoms with Gasteiger partial charge in [0.1, 0.15) is 18.1 Å². The van der Waals surface area contributed by atoms with Crippen LogP contribution in [0.5, 0.6) is 0 Å². The highest BCUT2D eigenvalue weighted by molar-refractivity contribution is 5.57. The van der Waals surface area contributed by atoms with Crippen molar-refractivity contribution in [2.75, 3.05) is 0 Å². The van der Waals surface area contributed by atoms with Gasteiger partial charge in [0.15, 0.2) is 6.20 Å². The van der Waals surface area contributed by atoms with E-state index in [4.69, 9.17) is 0 Å². The molecule has 2 heterocycles. The number of aromatic nitrogens is 2. The molecule has 1 aliphatic heterocycles.